The number of carbonyl (C=O) groups is 3. The third kappa shape index (κ3) is 2.72. The molecule has 0 heterocycles. The van der Waals surface area contributed by atoms with Crippen LogP contribution in [0.5, 0.6) is 0 Å². The Morgan fingerprint density at radius 1 is 1.22 bits per heavy atom. The molecule has 0 radical (unpaired) electrons. The number of hydrogen-bond donors (Lipinski definition) is 1. The third-order valence-corrected chi connectivity index (χ3v) is 8.40. The minimum atomic E-state index is -1.67. The van der Waals surface area contributed by atoms with Gasteiger partial charge in [0.25, 0.3) is 0 Å². The number of rotatable bonds is 2. The normalized spacial score (nSPS) is 45.9. The molecule has 4 rings (SSSR count). The summed E-state index contributed by atoms with van der Waals surface area (Å²) in [6.07, 6.45) is 5.68. The van der Waals surface area contributed by atoms with Crippen LogP contribution in [0.25, 0.3) is 0 Å². The number of aliphatic hydroxyl groups is 1. The molecule has 6 atom stereocenters. The van der Waals surface area contributed by atoms with Crippen molar-refractivity contribution in [3.63, 3.8) is 0 Å². The number of hydrogen-bond acceptors (Lipinski definition) is 5. The van der Waals surface area contributed by atoms with E-state index in [-0.39, 0.29) is 77.1 Å². The van der Waals surface area contributed by atoms with Crippen molar-refractivity contribution in [1.82, 2.24) is 0 Å². The molecular weight excluding hydrogens is 355 g/mol. The van der Waals surface area contributed by atoms with Crippen molar-refractivity contribution in [3.05, 3.63) is 11.6 Å². The maximum Gasteiger partial charge on any atom is 1.00 e. The van der Waals surface area contributed by atoms with E-state index in [9.17, 15) is 24.6 Å². The van der Waals surface area contributed by atoms with Gasteiger partial charge in [0, 0.05) is 24.2 Å². The zero-order chi connectivity index (χ0) is 18.9. The van der Waals surface area contributed by atoms with Crippen LogP contribution in [0.15, 0.2) is 11.6 Å². The Bertz CT molecular complexity index is 730. The van der Waals surface area contributed by atoms with Gasteiger partial charge in [0.05, 0.1) is 0 Å². The molecule has 1 N–H and O–H groups in total. The third-order valence-electron chi connectivity index (χ3n) is 8.40. The summed E-state index contributed by atoms with van der Waals surface area (Å²) in [5.74, 6) is -0.375. The number of Topliss-reactive ketones (excluding diaryl/α,β-unsaturated/α-hetero) is 2. The molecule has 142 valence electrons. The van der Waals surface area contributed by atoms with Gasteiger partial charge in [0.15, 0.2) is 5.78 Å². The molecule has 4 aliphatic rings. The minimum Gasteiger partial charge on any atom is -0.849 e. The van der Waals surface area contributed by atoms with E-state index in [0.29, 0.717) is 19.3 Å². The Morgan fingerprint density at radius 3 is 2.59 bits per heavy atom. The van der Waals surface area contributed by atoms with Crippen LogP contribution >= 0.6 is 0 Å². The second-order valence-electron chi connectivity index (χ2n) is 9.37. The summed E-state index contributed by atoms with van der Waals surface area (Å²) < 4.78 is 0. The van der Waals surface area contributed by atoms with Crippen LogP contribution in [0.3, 0.4) is 0 Å². The van der Waals surface area contributed by atoms with E-state index < -0.39 is 23.4 Å². The molecule has 0 aromatic rings. The van der Waals surface area contributed by atoms with E-state index in [2.05, 4.69) is 6.92 Å². The van der Waals surface area contributed by atoms with Crippen molar-refractivity contribution in [2.24, 2.45) is 28.6 Å². The van der Waals surface area contributed by atoms with Gasteiger partial charge in [-0.25, -0.2) is 0 Å². The van der Waals surface area contributed by atoms with Gasteiger partial charge in [0.1, 0.15) is 17.2 Å². The van der Waals surface area contributed by atoms with Gasteiger partial charge >= 0.3 is 29.6 Å². The quantitative estimate of drug-likeness (QED) is 0.578. The Morgan fingerprint density at radius 2 is 1.93 bits per heavy atom. The standard InChI is InChI=1S/C21H27O5.Na/c1-19-7-5-13(23)9-12(19)3-4-14-15-6-8-21(26,17(25)11-22)20(15,2)10-16(24)18(14)19;/h9,14-15,18,26H,3-8,10-11H2,1-2H3;/q-1;+1/t14-,15-,18+,19-,20-,21-;/m0./s1. The average molecular weight is 382 g/mol. The fourth-order valence-electron chi connectivity index (χ4n) is 6.96. The zero-order valence-corrected chi connectivity index (χ0v) is 18.5. The smallest absolute Gasteiger partial charge is 0.849 e. The van der Waals surface area contributed by atoms with Crippen molar-refractivity contribution in [1.29, 1.82) is 0 Å². The average Bonchev–Trinajstić information content (AvgIpc) is 2.86. The Hall–Kier alpha value is -0.330. The van der Waals surface area contributed by atoms with E-state index in [4.69, 9.17) is 0 Å². The van der Waals surface area contributed by atoms with Crippen LogP contribution in [-0.4, -0.2) is 34.7 Å². The van der Waals surface area contributed by atoms with Gasteiger partial charge in [-0.15, -0.1) is 0 Å². The molecule has 0 aromatic heterocycles. The van der Waals surface area contributed by atoms with Gasteiger partial charge in [0.2, 0.25) is 0 Å². The summed E-state index contributed by atoms with van der Waals surface area (Å²) >= 11 is 0. The van der Waals surface area contributed by atoms with Crippen LogP contribution in [0.4, 0.5) is 0 Å². The van der Waals surface area contributed by atoms with Crippen molar-refractivity contribution in [2.75, 3.05) is 6.61 Å². The van der Waals surface area contributed by atoms with Gasteiger partial charge in [-0.05, 0) is 55.4 Å². The predicted molar refractivity (Wildman–Crippen MR) is 91.9 cm³/mol. The van der Waals surface area contributed by atoms with Crippen molar-refractivity contribution in [2.45, 2.75) is 64.4 Å². The van der Waals surface area contributed by atoms with E-state index in [1.165, 1.54) is 0 Å². The van der Waals surface area contributed by atoms with Crippen LogP contribution in [0.1, 0.15) is 58.8 Å². The van der Waals surface area contributed by atoms with Crippen molar-refractivity contribution < 1.29 is 54.2 Å². The first-order valence-electron chi connectivity index (χ1n) is 9.78. The fraction of sp³-hybridized carbons (Fsp3) is 0.762. The first-order chi connectivity index (χ1) is 12.2. The first kappa shape index (κ1) is 21.4. The summed E-state index contributed by atoms with van der Waals surface area (Å²) in [5.41, 5.74) is -1.68. The van der Waals surface area contributed by atoms with Crippen molar-refractivity contribution >= 4 is 17.3 Å². The molecule has 0 saturated heterocycles. The van der Waals surface area contributed by atoms with Gasteiger partial charge < -0.3 is 10.2 Å². The second-order valence-corrected chi connectivity index (χ2v) is 9.37. The van der Waals surface area contributed by atoms with Crippen LogP contribution < -0.4 is 34.7 Å². The SMILES string of the molecule is C[C@]12CCC(=O)C=C1CC[C@@H]1[C@@H]2C(=O)C[C@@]2(C)[C@H]1CC[C@]2(O)C(=O)C[O-].[Na+]. The second kappa shape index (κ2) is 6.88. The number of ketones is 3. The van der Waals surface area contributed by atoms with E-state index in [0.717, 1.165) is 18.4 Å². The molecule has 0 aromatic carbocycles. The minimum absolute atomic E-state index is 0. The van der Waals surface area contributed by atoms with E-state index in [1.54, 1.807) is 6.08 Å². The number of allylic oxidation sites excluding steroid dienone is 1. The summed E-state index contributed by atoms with van der Waals surface area (Å²) in [5, 5.41) is 22.3. The number of carbonyl (C=O) groups excluding carboxylic acids is 3. The molecule has 5 nitrogen and oxygen atoms in total. The Kier molecular flexibility index (Phi) is 5.44. The topological polar surface area (TPSA) is 94.5 Å². The zero-order valence-electron chi connectivity index (χ0n) is 16.5. The Balaban J connectivity index is 0.00000210. The maximum atomic E-state index is 13.3. The molecule has 0 amide bonds. The Labute approximate surface area is 182 Å². The molecule has 4 aliphatic carbocycles. The van der Waals surface area contributed by atoms with Gasteiger partial charge in [-0.2, -0.15) is 0 Å². The summed E-state index contributed by atoms with van der Waals surface area (Å²) in [6, 6.07) is 0. The van der Waals surface area contributed by atoms with Crippen molar-refractivity contribution in [3.8, 4) is 0 Å². The predicted octanol–water partition coefficient (Wildman–Crippen LogP) is -1.64. The molecule has 3 fully saturated rings. The first-order valence-corrected chi connectivity index (χ1v) is 9.78. The molecule has 3 saturated carbocycles. The molecule has 0 aliphatic heterocycles. The van der Waals surface area contributed by atoms with E-state index in [1.807, 2.05) is 6.92 Å². The fourth-order valence-corrected chi connectivity index (χ4v) is 6.96. The van der Waals surface area contributed by atoms with Gasteiger partial charge in [-0.3, -0.25) is 14.4 Å². The van der Waals surface area contributed by atoms with Crippen LogP contribution in [0, 0.1) is 28.6 Å². The van der Waals surface area contributed by atoms with Gasteiger partial charge in [-0.1, -0.05) is 26.0 Å². The maximum absolute atomic E-state index is 13.3. The van der Waals surface area contributed by atoms with Crippen LogP contribution in [-0.2, 0) is 14.4 Å². The largest absolute Gasteiger partial charge is 1.00 e. The van der Waals surface area contributed by atoms with Crippen LogP contribution in [0.2, 0.25) is 0 Å². The monoisotopic (exact) mass is 382 g/mol. The molecular formula is C21H27NaO5. The molecule has 0 unspecified atom stereocenters. The summed E-state index contributed by atoms with van der Waals surface area (Å²) in [4.78, 5) is 37.4. The molecule has 27 heavy (non-hydrogen) atoms. The molecule has 0 spiro atoms. The summed E-state index contributed by atoms with van der Waals surface area (Å²) in [7, 11) is 0. The van der Waals surface area contributed by atoms with E-state index >= 15 is 0 Å². The number of fused-ring (bicyclic) bond motifs is 5. The molecule has 0 bridgehead atoms. The summed E-state index contributed by atoms with van der Waals surface area (Å²) in [6.45, 7) is 3.02. The molecule has 6 heteroatoms.